The maximum Gasteiger partial charge on any atom is 0.126 e. The molecule has 2 aromatic rings. The Morgan fingerprint density at radius 1 is 1.26 bits per heavy atom. The number of aromatic nitrogens is 2. The van der Waals surface area contributed by atoms with E-state index in [2.05, 4.69) is 44.2 Å². The fourth-order valence-electron chi connectivity index (χ4n) is 1.54. The van der Waals surface area contributed by atoms with Crippen LogP contribution in [0.3, 0.4) is 0 Å². The van der Waals surface area contributed by atoms with Crippen molar-refractivity contribution in [2.45, 2.75) is 24.1 Å². The Hall–Kier alpha value is -1.07. The zero-order valence-electron chi connectivity index (χ0n) is 10.8. The Morgan fingerprint density at radius 2 is 2.16 bits per heavy atom. The molecule has 0 aliphatic rings. The molecule has 2 aromatic heterocycles. The lowest BCUT2D eigenvalue weighted by atomic mass is 10.3. The summed E-state index contributed by atoms with van der Waals surface area (Å²) in [6.07, 6.45) is 4.76. The number of thioether (sulfide) groups is 1. The van der Waals surface area contributed by atoms with Crippen LogP contribution in [0.25, 0.3) is 0 Å². The smallest absolute Gasteiger partial charge is 0.126 e. The highest BCUT2D eigenvalue weighted by Gasteiger charge is 2.03. The van der Waals surface area contributed by atoms with Gasteiger partial charge in [-0.1, -0.05) is 6.92 Å². The lowest BCUT2D eigenvalue weighted by molar-refractivity contribution is 0.968. The highest BCUT2D eigenvalue weighted by Crippen LogP contribution is 2.27. The van der Waals surface area contributed by atoms with E-state index < -0.39 is 0 Å². The molecule has 2 rings (SSSR count). The molecule has 100 valence electrons. The quantitative estimate of drug-likeness (QED) is 0.795. The van der Waals surface area contributed by atoms with Gasteiger partial charge in [0.25, 0.3) is 0 Å². The van der Waals surface area contributed by atoms with Gasteiger partial charge in [-0.15, -0.1) is 11.8 Å². The van der Waals surface area contributed by atoms with Crippen molar-refractivity contribution >= 4 is 33.5 Å². The third kappa shape index (κ3) is 4.51. The Kier molecular flexibility index (Phi) is 5.66. The van der Waals surface area contributed by atoms with Gasteiger partial charge in [0.2, 0.25) is 0 Å². The van der Waals surface area contributed by atoms with Crippen LogP contribution in [0.1, 0.15) is 18.9 Å². The topological polar surface area (TPSA) is 37.8 Å². The second-order valence-electron chi connectivity index (χ2n) is 4.06. The molecule has 3 nitrogen and oxygen atoms in total. The normalized spacial score (nSPS) is 10.4. The maximum atomic E-state index is 4.35. The number of nitrogens with zero attached hydrogens (tertiary/aromatic N) is 2. The van der Waals surface area contributed by atoms with Crippen LogP contribution in [0.5, 0.6) is 0 Å². The van der Waals surface area contributed by atoms with Crippen molar-refractivity contribution in [3.8, 4) is 0 Å². The summed E-state index contributed by atoms with van der Waals surface area (Å²) in [7, 11) is 0. The first-order chi connectivity index (χ1) is 9.29. The zero-order valence-corrected chi connectivity index (χ0v) is 13.2. The molecule has 0 aliphatic carbocycles. The van der Waals surface area contributed by atoms with E-state index >= 15 is 0 Å². The number of hydrogen-bond donors (Lipinski definition) is 1. The number of pyridine rings is 2. The minimum Gasteiger partial charge on any atom is -0.370 e. The van der Waals surface area contributed by atoms with E-state index in [-0.39, 0.29) is 0 Å². The van der Waals surface area contributed by atoms with E-state index in [0.717, 1.165) is 34.0 Å². The Balaban J connectivity index is 1.98. The van der Waals surface area contributed by atoms with Gasteiger partial charge in [-0.25, -0.2) is 9.97 Å². The van der Waals surface area contributed by atoms with Crippen LogP contribution in [0.2, 0.25) is 0 Å². The van der Waals surface area contributed by atoms with Crippen LogP contribution in [-0.2, 0) is 5.75 Å². The molecule has 0 bridgehead atoms. The number of rotatable bonds is 6. The van der Waals surface area contributed by atoms with E-state index in [9.17, 15) is 0 Å². The van der Waals surface area contributed by atoms with Gasteiger partial charge in [0.15, 0.2) is 0 Å². The Bertz CT molecular complexity index is 534. The summed E-state index contributed by atoms with van der Waals surface area (Å²) in [5, 5.41) is 4.32. The molecule has 0 saturated carbocycles. The van der Waals surface area contributed by atoms with Gasteiger partial charge >= 0.3 is 0 Å². The summed E-state index contributed by atoms with van der Waals surface area (Å²) in [5.41, 5.74) is 1.25. The van der Waals surface area contributed by atoms with Crippen molar-refractivity contribution in [1.82, 2.24) is 9.97 Å². The Morgan fingerprint density at radius 3 is 2.95 bits per heavy atom. The third-order valence-electron chi connectivity index (χ3n) is 2.48. The van der Waals surface area contributed by atoms with Crippen molar-refractivity contribution in [3.05, 3.63) is 46.7 Å². The molecule has 0 saturated heterocycles. The van der Waals surface area contributed by atoms with Gasteiger partial charge in [-0.2, -0.15) is 0 Å². The van der Waals surface area contributed by atoms with Gasteiger partial charge in [0.1, 0.15) is 10.8 Å². The maximum absolute atomic E-state index is 4.35. The highest BCUT2D eigenvalue weighted by molar-refractivity contribution is 9.10. The molecule has 5 heteroatoms. The van der Waals surface area contributed by atoms with Crippen LogP contribution in [0.4, 0.5) is 5.82 Å². The van der Waals surface area contributed by atoms with Crippen LogP contribution in [0, 0.1) is 0 Å². The molecular weight excluding hydrogens is 322 g/mol. The summed E-state index contributed by atoms with van der Waals surface area (Å²) in [5.74, 6) is 1.83. The zero-order chi connectivity index (χ0) is 13.5. The van der Waals surface area contributed by atoms with Crippen LogP contribution < -0.4 is 5.32 Å². The van der Waals surface area contributed by atoms with Gasteiger partial charge in [-0.3, -0.25) is 0 Å². The molecule has 0 atom stereocenters. The van der Waals surface area contributed by atoms with Crippen molar-refractivity contribution in [3.63, 3.8) is 0 Å². The molecule has 1 N–H and O–H groups in total. The molecule has 0 fully saturated rings. The minimum absolute atomic E-state index is 0.888. The molecule has 0 amide bonds. The van der Waals surface area contributed by atoms with Gasteiger partial charge in [0.05, 0.1) is 0 Å². The lowest BCUT2D eigenvalue weighted by Crippen LogP contribution is -2.01. The third-order valence-corrected chi connectivity index (χ3v) is 4.46. The second kappa shape index (κ2) is 7.50. The Labute approximate surface area is 126 Å². The summed E-state index contributed by atoms with van der Waals surface area (Å²) in [4.78, 5) is 8.65. The molecule has 0 spiro atoms. The van der Waals surface area contributed by atoms with Crippen LogP contribution >= 0.6 is 27.7 Å². The van der Waals surface area contributed by atoms with Crippen molar-refractivity contribution in [2.75, 3.05) is 11.9 Å². The molecular formula is C14H16BrN3S. The standard InChI is InChI=1S/C14H16BrN3S/c1-2-6-16-13-9-11(5-8-17-13)10-19-14-12(15)4-3-7-18-14/h3-5,7-9H,2,6,10H2,1H3,(H,16,17). The fourth-order valence-corrected chi connectivity index (χ4v) is 2.97. The van der Waals surface area contributed by atoms with Gasteiger partial charge in [-0.05, 0) is 52.2 Å². The van der Waals surface area contributed by atoms with Gasteiger partial charge in [0, 0.05) is 29.2 Å². The fraction of sp³-hybridized carbons (Fsp3) is 0.286. The number of hydrogen-bond acceptors (Lipinski definition) is 4. The van der Waals surface area contributed by atoms with E-state index in [1.807, 2.05) is 30.6 Å². The predicted molar refractivity (Wildman–Crippen MR) is 84.5 cm³/mol. The summed E-state index contributed by atoms with van der Waals surface area (Å²) in [6, 6.07) is 8.07. The van der Waals surface area contributed by atoms with E-state index in [4.69, 9.17) is 0 Å². The monoisotopic (exact) mass is 337 g/mol. The first-order valence-corrected chi connectivity index (χ1v) is 7.99. The van der Waals surface area contributed by atoms with E-state index in [1.165, 1.54) is 5.56 Å². The first kappa shape index (κ1) is 14.3. The molecule has 0 radical (unpaired) electrons. The lowest BCUT2D eigenvalue weighted by Gasteiger charge is -2.06. The number of nitrogens with one attached hydrogen (secondary N) is 1. The molecule has 0 unspecified atom stereocenters. The van der Waals surface area contributed by atoms with Crippen LogP contribution in [0.15, 0.2) is 46.2 Å². The summed E-state index contributed by atoms with van der Waals surface area (Å²) < 4.78 is 1.04. The molecule has 19 heavy (non-hydrogen) atoms. The predicted octanol–water partition coefficient (Wildman–Crippen LogP) is 4.35. The summed E-state index contributed by atoms with van der Waals surface area (Å²) >= 11 is 5.23. The second-order valence-corrected chi connectivity index (χ2v) is 5.87. The average Bonchev–Trinajstić information content (AvgIpc) is 2.45. The van der Waals surface area contributed by atoms with Gasteiger partial charge < -0.3 is 5.32 Å². The van der Waals surface area contributed by atoms with E-state index in [0.29, 0.717) is 0 Å². The molecule has 0 aromatic carbocycles. The minimum atomic E-state index is 0.888. The highest BCUT2D eigenvalue weighted by atomic mass is 79.9. The molecule has 2 heterocycles. The van der Waals surface area contributed by atoms with Crippen LogP contribution in [-0.4, -0.2) is 16.5 Å². The van der Waals surface area contributed by atoms with Crippen molar-refractivity contribution in [2.24, 2.45) is 0 Å². The number of anilines is 1. The SMILES string of the molecule is CCCNc1cc(CSc2ncccc2Br)ccn1. The van der Waals surface area contributed by atoms with E-state index in [1.54, 1.807) is 11.8 Å². The summed E-state index contributed by atoms with van der Waals surface area (Å²) in [6.45, 7) is 3.10. The number of halogens is 1. The first-order valence-electron chi connectivity index (χ1n) is 6.21. The van der Waals surface area contributed by atoms with Crippen molar-refractivity contribution < 1.29 is 0 Å². The average molecular weight is 338 g/mol. The van der Waals surface area contributed by atoms with Crippen molar-refractivity contribution in [1.29, 1.82) is 0 Å². The molecule has 0 aliphatic heterocycles. The largest absolute Gasteiger partial charge is 0.370 e.